The van der Waals surface area contributed by atoms with Crippen LogP contribution in [0.1, 0.15) is 6.92 Å². The number of hydrogen-bond acceptors (Lipinski definition) is 2. The van der Waals surface area contributed by atoms with E-state index in [9.17, 15) is 9.59 Å². The number of carbonyl (C=O) groups is 2. The molecular weight excluding hydrogens is 206 g/mol. The first kappa shape index (κ1) is 18.7. The van der Waals surface area contributed by atoms with Crippen LogP contribution in [0.5, 0.6) is 0 Å². The van der Waals surface area contributed by atoms with Crippen LogP contribution in [-0.2, 0) is 9.59 Å². The van der Waals surface area contributed by atoms with Gasteiger partial charge in [0.25, 0.3) is 5.91 Å². The number of halogens is 1. The van der Waals surface area contributed by atoms with Crippen molar-refractivity contribution in [3.63, 3.8) is 0 Å². The molecule has 0 atom stereocenters. The second kappa shape index (κ2) is 8.52. The van der Waals surface area contributed by atoms with Gasteiger partial charge in [0.15, 0.2) is 0 Å². The molecule has 0 radical (unpaired) electrons. The van der Waals surface area contributed by atoms with Crippen LogP contribution in [0.3, 0.4) is 0 Å². The van der Waals surface area contributed by atoms with E-state index in [1.54, 1.807) is 0 Å². The van der Waals surface area contributed by atoms with Crippen LogP contribution in [0.25, 0.3) is 0 Å². The third kappa shape index (κ3) is 30.6. The smallest absolute Gasteiger partial charge is 0.261 e. The molecule has 0 aromatic carbocycles. The molecule has 6 heteroatoms. The number of carbonyl (C=O) groups excluding carboxylic acids is 2. The molecule has 84 valence electrons. The Hall–Kier alpha value is -1.07. The average Bonchev–Trinajstić information content (AvgIpc) is 1.83. The molecule has 0 saturated carbocycles. The van der Waals surface area contributed by atoms with Crippen LogP contribution >= 0.6 is 12.4 Å². The Labute approximate surface area is 90.9 Å². The maximum atomic E-state index is 10.3. The minimum atomic E-state index is -0.481. The first-order chi connectivity index (χ1) is 5.69. The fraction of sp³-hybridized carbons (Fsp3) is 0.500. The molecule has 0 aromatic rings. The van der Waals surface area contributed by atoms with Crippen molar-refractivity contribution in [3.05, 3.63) is 12.7 Å². The minimum Gasteiger partial charge on any atom is -0.366 e. The zero-order chi connectivity index (χ0) is 11.1. The molecule has 0 bridgehead atoms. The lowest BCUT2D eigenvalue weighted by Crippen LogP contribution is -2.50. The summed E-state index contributed by atoms with van der Waals surface area (Å²) in [6, 6.07) is 0. The molecule has 5 nitrogen and oxygen atoms in total. The van der Waals surface area contributed by atoms with E-state index in [-0.39, 0.29) is 18.3 Å². The molecular formula is C8H19ClN3O2+. The van der Waals surface area contributed by atoms with E-state index >= 15 is 0 Å². The minimum absolute atomic E-state index is 0. The van der Waals surface area contributed by atoms with Crippen LogP contribution in [0, 0.1) is 0 Å². The van der Waals surface area contributed by atoms with Crippen molar-refractivity contribution in [2.75, 3.05) is 21.1 Å². The van der Waals surface area contributed by atoms with Crippen molar-refractivity contribution in [1.82, 2.24) is 5.43 Å². The van der Waals surface area contributed by atoms with Crippen molar-refractivity contribution >= 4 is 24.2 Å². The van der Waals surface area contributed by atoms with Gasteiger partial charge in [-0.1, -0.05) is 6.58 Å². The molecule has 14 heavy (non-hydrogen) atoms. The highest BCUT2D eigenvalue weighted by Crippen LogP contribution is 1.78. The molecule has 0 aliphatic carbocycles. The number of nitrogens with zero attached hydrogens (tertiary/aromatic N) is 1. The van der Waals surface area contributed by atoms with Gasteiger partial charge in [0.05, 0.1) is 21.1 Å². The lowest BCUT2D eigenvalue weighted by molar-refractivity contribution is -0.906. The Morgan fingerprint density at radius 1 is 1.36 bits per heavy atom. The monoisotopic (exact) mass is 224 g/mol. The van der Waals surface area contributed by atoms with Gasteiger partial charge in [-0.3, -0.25) is 9.59 Å². The third-order valence-electron chi connectivity index (χ3n) is 0.694. The standard InChI is InChI=1S/C5H12N2O.C3H5NO.ClH/c1-5(8)6-7(2,3)4;1-2-3(4)5;/h1-4H3;2H,1H2,(H2,4,5);1H/p+1. The van der Waals surface area contributed by atoms with E-state index in [4.69, 9.17) is 0 Å². The van der Waals surface area contributed by atoms with Crippen LogP contribution in [0.4, 0.5) is 0 Å². The second-order valence-electron chi connectivity index (χ2n) is 3.29. The number of primary amides is 1. The Balaban J connectivity index is -0.000000177. The normalized spacial score (nSPS) is 8.57. The first-order valence-corrected chi connectivity index (χ1v) is 3.71. The number of nitrogens with two attached hydrogens (primary N) is 1. The van der Waals surface area contributed by atoms with Gasteiger partial charge in [0, 0.05) is 6.92 Å². The molecule has 0 unspecified atom stereocenters. The predicted molar refractivity (Wildman–Crippen MR) is 58.5 cm³/mol. The third-order valence-corrected chi connectivity index (χ3v) is 0.694. The molecule has 0 fully saturated rings. The van der Waals surface area contributed by atoms with Gasteiger partial charge >= 0.3 is 0 Å². The van der Waals surface area contributed by atoms with Gasteiger partial charge in [0.2, 0.25) is 5.91 Å². The van der Waals surface area contributed by atoms with Gasteiger partial charge in [-0.05, 0) is 6.08 Å². The summed E-state index contributed by atoms with van der Waals surface area (Å²) in [6.45, 7) is 4.59. The topological polar surface area (TPSA) is 72.2 Å². The largest absolute Gasteiger partial charge is 0.366 e. The first-order valence-electron chi connectivity index (χ1n) is 3.71. The van der Waals surface area contributed by atoms with Crippen molar-refractivity contribution < 1.29 is 14.2 Å². The highest BCUT2D eigenvalue weighted by atomic mass is 35.5. The maximum Gasteiger partial charge on any atom is 0.261 e. The average molecular weight is 225 g/mol. The van der Waals surface area contributed by atoms with Crippen molar-refractivity contribution in [2.45, 2.75) is 6.92 Å². The summed E-state index contributed by atoms with van der Waals surface area (Å²) in [5.74, 6) is -0.484. The van der Waals surface area contributed by atoms with E-state index in [0.29, 0.717) is 4.59 Å². The van der Waals surface area contributed by atoms with E-state index in [2.05, 4.69) is 17.7 Å². The summed E-state index contributed by atoms with van der Waals surface area (Å²) in [5.41, 5.74) is 7.22. The van der Waals surface area contributed by atoms with E-state index in [0.717, 1.165) is 6.08 Å². The molecule has 0 saturated heterocycles. The van der Waals surface area contributed by atoms with Gasteiger partial charge in [-0.15, -0.1) is 12.4 Å². The highest BCUT2D eigenvalue weighted by molar-refractivity contribution is 5.85. The van der Waals surface area contributed by atoms with Gasteiger partial charge in [-0.2, -0.15) is 0 Å². The summed E-state index contributed by atoms with van der Waals surface area (Å²) in [7, 11) is 5.67. The van der Waals surface area contributed by atoms with Crippen LogP contribution in [-0.4, -0.2) is 37.5 Å². The molecule has 0 aliphatic heterocycles. The number of quaternary nitrogens is 1. The maximum absolute atomic E-state index is 10.3. The molecule has 0 aromatic heterocycles. The summed E-state index contributed by atoms with van der Waals surface area (Å²) >= 11 is 0. The van der Waals surface area contributed by atoms with E-state index in [1.165, 1.54) is 6.92 Å². The summed E-state index contributed by atoms with van der Waals surface area (Å²) in [5, 5.41) is 0. The number of rotatable bonds is 2. The molecule has 0 rings (SSSR count). The quantitative estimate of drug-likeness (QED) is 0.388. The number of hydrogen-bond donors (Lipinski definition) is 2. The Kier molecular flexibility index (Phi) is 11.4. The molecule has 0 heterocycles. The Morgan fingerprint density at radius 2 is 1.64 bits per heavy atom. The second-order valence-corrected chi connectivity index (χ2v) is 3.29. The molecule has 2 amide bonds. The summed E-state index contributed by atoms with van der Waals surface area (Å²) < 4.78 is 0.481. The predicted octanol–water partition coefficient (Wildman–Crippen LogP) is -0.177. The summed E-state index contributed by atoms with van der Waals surface area (Å²) in [4.78, 5) is 19.8. The fourth-order valence-electron chi connectivity index (χ4n) is 0.472. The molecule has 0 aliphatic rings. The number of amides is 2. The van der Waals surface area contributed by atoms with Crippen LogP contribution < -0.4 is 11.2 Å². The number of nitrogens with one attached hydrogen (secondary N) is 1. The zero-order valence-electron chi connectivity index (χ0n) is 9.03. The van der Waals surface area contributed by atoms with Crippen molar-refractivity contribution in [1.29, 1.82) is 0 Å². The Bertz CT molecular complexity index is 199. The van der Waals surface area contributed by atoms with Crippen LogP contribution in [0.15, 0.2) is 12.7 Å². The highest BCUT2D eigenvalue weighted by Gasteiger charge is 2.06. The van der Waals surface area contributed by atoms with Crippen molar-refractivity contribution in [2.24, 2.45) is 5.73 Å². The van der Waals surface area contributed by atoms with E-state index < -0.39 is 5.91 Å². The van der Waals surface area contributed by atoms with E-state index in [1.807, 2.05) is 21.1 Å². The molecule has 3 N–H and O–H groups in total. The lowest BCUT2D eigenvalue weighted by atomic mass is 10.6. The Morgan fingerprint density at radius 3 is 1.64 bits per heavy atom. The van der Waals surface area contributed by atoms with Gasteiger partial charge in [-0.25, -0.2) is 10.0 Å². The van der Waals surface area contributed by atoms with Crippen molar-refractivity contribution in [3.8, 4) is 0 Å². The van der Waals surface area contributed by atoms with Gasteiger partial charge in [0.1, 0.15) is 0 Å². The SMILES string of the molecule is C=CC(N)=O.CC(=O)N[N+](C)(C)C.Cl. The van der Waals surface area contributed by atoms with Crippen LogP contribution in [0.2, 0.25) is 0 Å². The summed E-state index contributed by atoms with van der Waals surface area (Å²) in [6.07, 6.45) is 1.06. The fourth-order valence-corrected chi connectivity index (χ4v) is 0.472. The van der Waals surface area contributed by atoms with Gasteiger partial charge < -0.3 is 5.73 Å². The zero-order valence-corrected chi connectivity index (χ0v) is 9.85. The molecule has 0 spiro atoms. The lowest BCUT2D eigenvalue weighted by Gasteiger charge is -2.22.